The predicted octanol–water partition coefficient (Wildman–Crippen LogP) is 0.514. The third-order valence-electron chi connectivity index (χ3n) is 1.65. The lowest BCUT2D eigenvalue weighted by molar-refractivity contribution is -0.120. The molecule has 0 aliphatic carbocycles. The number of amides is 1. The first-order chi connectivity index (χ1) is 6.24. The molecule has 0 heterocycles. The number of nitrogens with one attached hydrogen (secondary N) is 2. The third-order valence-corrected chi connectivity index (χ3v) is 1.65. The van der Waals surface area contributed by atoms with Gasteiger partial charge in [0.2, 0.25) is 5.91 Å². The summed E-state index contributed by atoms with van der Waals surface area (Å²) in [6.45, 7) is 5.14. The van der Waals surface area contributed by atoms with Gasteiger partial charge in [-0.3, -0.25) is 4.79 Å². The Kier molecular flexibility index (Phi) is 7.04. The molecule has 0 rings (SSSR count). The molecule has 74 valence electrons. The van der Waals surface area contributed by atoms with Gasteiger partial charge in [-0.1, -0.05) is 26.2 Å². The van der Waals surface area contributed by atoms with Crippen molar-refractivity contribution in [1.82, 2.24) is 10.6 Å². The number of carbonyl (C=O) groups excluding carboxylic acids is 1. The molecule has 0 aromatic rings. The molecule has 1 unspecified atom stereocenters. The van der Waals surface area contributed by atoms with Gasteiger partial charge in [-0.15, -0.1) is 6.42 Å². The summed E-state index contributed by atoms with van der Waals surface area (Å²) in [5.41, 5.74) is 0. The fraction of sp³-hybridized carbons (Fsp3) is 0.700. The molecule has 1 atom stereocenters. The summed E-state index contributed by atoms with van der Waals surface area (Å²) in [6, 6.07) is -0.115. The maximum absolute atomic E-state index is 11.2. The Bertz CT molecular complexity index is 184. The van der Waals surface area contributed by atoms with E-state index in [1.54, 1.807) is 0 Å². The standard InChI is InChI=1S/C10H18N2O/c1-4-7-9(5-2)12-10(13)8-11-6-3/h2,9,11H,4,6-8H2,1,3H3,(H,12,13). The number of rotatable bonds is 6. The zero-order chi connectivity index (χ0) is 10.1. The Balaban J connectivity index is 3.68. The minimum Gasteiger partial charge on any atom is -0.341 e. The summed E-state index contributed by atoms with van der Waals surface area (Å²) in [4.78, 5) is 11.2. The molecule has 0 fully saturated rings. The van der Waals surface area contributed by atoms with Crippen molar-refractivity contribution in [2.24, 2.45) is 0 Å². The Labute approximate surface area is 80.3 Å². The molecule has 0 aromatic carbocycles. The topological polar surface area (TPSA) is 41.1 Å². The van der Waals surface area contributed by atoms with Crippen LogP contribution in [0.15, 0.2) is 0 Å². The molecule has 0 aliphatic rings. The molecule has 0 spiro atoms. The highest BCUT2D eigenvalue weighted by atomic mass is 16.1. The Morgan fingerprint density at radius 3 is 2.69 bits per heavy atom. The van der Waals surface area contributed by atoms with Gasteiger partial charge in [-0.2, -0.15) is 0 Å². The van der Waals surface area contributed by atoms with Crippen LogP contribution < -0.4 is 10.6 Å². The van der Waals surface area contributed by atoms with Crippen molar-refractivity contribution in [2.45, 2.75) is 32.7 Å². The number of hydrogen-bond donors (Lipinski definition) is 2. The van der Waals surface area contributed by atoms with E-state index >= 15 is 0 Å². The van der Waals surface area contributed by atoms with E-state index in [4.69, 9.17) is 6.42 Å². The fourth-order valence-corrected chi connectivity index (χ4v) is 0.970. The molecule has 0 radical (unpaired) electrons. The van der Waals surface area contributed by atoms with E-state index in [2.05, 4.69) is 16.6 Å². The van der Waals surface area contributed by atoms with E-state index in [9.17, 15) is 4.79 Å². The normalized spacial score (nSPS) is 11.8. The van der Waals surface area contributed by atoms with Crippen LogP contribution in [0.3, 0.4) is 0 Å². The summed E-state index contributed by atoms with van der Waals surface area (Å²) in [7, 11) is 0. The van der Waals surface area contributed by atoms with Crippen LogP contribution in [0.1, 0.15) is 26.7 Å². The van der Waals surface area contributed by atoms with Crippen LogP contribution in [0.25, 0.3) is 0 Å². The Hall–Kier alpha value is -1.01. The van der Waals surface area contributed by atoms with Gasteiger partial charge in [0.1, 0.15) is 0 Å². The molecule has 3 nitrogen and oxygen atoms in total. The van der Waals surface area contributed by atoms with Crippen LogP contribution in [0.4, 0.5) is 0 Å². The summed E-state index contributed by atoms with van der Waals surface area (Å²) in [5.74, 6) is 2.52. The maximum atomic E-state index is 11.2. The lowest BCUT2D eigenvalue weighted by Crippen LogP contribution is -2.39. The van der Waals surface area contributed by atoms with Gasteiger partial charge in [-0.05, 0) is 13.0 Å². The Morgan fingerprint density at radius 2 is 2.23 bits per heavy atom. The van der Waals surface area contributed by atoms with Gasteiger partial charge < -0.3 is 10.6 Å². The van der Waals surface area contributed by atoms with Crippen LogP contribution in [-0.2, 0) is 4.79 Å². The molecular formula is C10H18N2O. The second-order valence-corrected chi connectivity index (χ2v) is 2.86. The van der Waals surface area contributed by atoms with Crippen LogP contribution in [-0.4, -0.2) is 25.0 Å². The van der Waals surface area contributed by atoms with Crippen LogP contribution in [0.2, 0.25) is 0 Å². The van der Waals surface area contributed by atoms with E-state index in [-0.39, 0.29) is 11.9 Å². The van der Waals surface area contributed by atoms with Crippen molar-refractivity contribution in [1.29, 1.82) is 0 Å². The first-order valence-electron chi connectivity index (χ1n) is 4.70. The van der Waals surface area contributed by atoms with Crippen LogP contribution >= 0.6 is 0 Å². The smallest absolute Gasteiger partial charge is 0.234 e. The number of hydrogen-bond acceptors (Lipinski definition) is 2. The average molecular weight is 182 g/mol. The zero-order valence-electron chi connectivity index (χ0n) is 8.39. The van der Waals surface area contributed by atoms with E-state index < -0.39 is 0 Å². The minimum atomic E-state index is -0.115. The third kappa shape index (κ3) is 6.18. The van der Waals surface area contributed by atoms with Crippen molar-refractivity contribution in [2.75, 3.05) is 13.1 Å². The largest absolute Gasteiger partial charge is 0.341 e. The summed E-state index contributed by atoms with van der Waals surface area (Å²) < 4.78 is 0. The van der Waals surface area contributed by atoms with E-state index in [1.807, 2.05) is 13.8 Å². The van der Waals surface area contributed by atoms with Crippen molar-refractivity contribution in [3.63, 3.8) is 0 Å². The zero-order valence-corrected chi connectivity index (χ0v) is 8.39. The molecule has 0 aliphatic heterocycles. The molecule has 0 saturated carbocycles. The number of terminal acetylenes is 1. The molecular weight excluding hydrogens is 164 g/mol. The van der Waals surface area contributed by atoms with Gasteiger partial charge in [0, 0.05) is 0 Å². The van der Waals surface area contributed by atoms with Gasteiger partial charge in [-0.25, -0.2) is 0 Å². The molecule has 0 saturated heterocycles. The molecule has 1 amide bonds. The van der Waals surface area contributed by atoms with Crippen LogP contribution in [0.5, 0.6) is 0 Å². The monoisotopic (exact) mass is 182 g/mol. The molecule has 3 heteroatoms. The summed E-state index contributed by atoms with van der Waals surface area (Å²) in [5, 5.41) is 5.70. The SMILES string of the molecule is C#CC(CCC)NC(=O)CNCC. The highest BCUT2D eigenvalue weighted by Crippen LogP contribution is 1.93. The quantitative estimate of drug-likeness (QED) is 0.588. The van der Waals surface area contributed by atoms with E-state index in [1.165, 1.54) is 0 Å². The van der Waals surface area contributed by atoms with E-state index in [0.717, 1.165) is 19.4 Å². The molecule has 0 bridgehead atoms. The van der Waals surface area contributed by atoms with Crippen molar-refractivity contribution >= 4 is 5.91 Å². The predicted molar refractivity (Wildman–Crippen MR) is 54.2 cm³/mol. The lowest BCUT2D eigenvalue weighted by Gasteiger charge is -2.11. The molecule has 0 aromatic heterocycles. The average Bonchev–Trinajstić information content (AvgIpc) is 2.14. The first kappa shape index (κ1) is 12.0. The first-order valence-corrected chi connectivity index (χ1v) is 4.70. The number of carbonyl (C=O) groups is 1. The minimum absolute atomic E-state index is 0.0294. The highest BCUT2D eigenvalue weighted by molar-refractivity contribution is 5.78. The van der Waals surface area contributed by atoms with Crippen molar-refractivity contribution < 1.29 is 4.79 Å². The summed E-state index contributed by atoms with van der Waals surface area (Å²) in [6.07, 6.45) is 7.07. The molecule has 2 N–H and O–H groups in total. The van der Waals surface area contributed by atoms with Crippen molar-refractivity contribution in [3.8, 4) is 12.3 Å². The van der Waals surface area contributed by atoms with Gasteiger partial charge in [0.05, 0.1) is 12.6 Å². The number of likely N-dealkylation sites (N-methyl/N-ethyl adjacent to an activating group) is 1. The lowest BCUT2D eigenvalue weighted by atomic mass is 10.2. The highest BCUT2D eigenvalue weighted by Gasteiger charge is 2.06. The summed E-state index contributed by atoms with van der Waals surface area (Å²) >= 11 is 0. The van der Waals surface area contributed by atoms with Crippen molar-refractivity contribution in [3.05, 3.63) is 0 Å². The second kappa shape index (κ2) is 7.63. The van der Waals surface area contributed by atoms with Crippen LogP contribution in [0, 0.1) is 12.3 Å². The van der Waals surface area contributed by atoms with Gasteiger partial charge in [0.25, 0.3) is 0 Å². The van der Waals surface area contributed by atoms with E-state index in [0.29, 0.717) is 6.54 Å². The fourth-order valence-electron chi connectivity index (χ4n) is 0.970. The van der Waals surface area contributed by atoms with Gasteiger partial charge >= 0.3 is 0 Å². The Morgan fingerprint density at radius 1 is 1.54 bits per heavy atom. The maximum Gasteiger partial charge on any atom is 0.234 e. The second-order valence-electron chi connectivity index (χ2n) is 2.86. The molecule has 13 heavy (non-hydrogen) atoms. The van der Waals surface area contributed by atoms with Gasteiger partial charge in [0.15, 0.2) is 0 Å².